The Bertz CT molecular complexity index is 1380. The number of esters is 1. The number of carboxylic acid groups (broad SMARTS) is 1. The molecule has 1 heterocycles. The molecular formula is C28H26N2O7. The first-order valence-electron chi connectivity index (χ1n) is 11.8. The first-order chi connectivity index (χ1) is 17.7. The molecule has 0 bridgehead atoms. The van der Waals surface area contributed by atoms with E-state index >= 15 is 0 Å². The zero-order chi connectivity index (χ0) is 26.5. The number of nitrogens with one attached hydrogen (secondary N) is 1. The molecule has 1 aliphatic rings. The van der Waals surface area contributed by atoms with Crippen LogP contribution in [0.2, 0.25) is 0 Å². The van der Waals surface area contributed by atoms with Gasteiger partial charge in [0, 0.05) is 19.0 Å². The van der Waals surface area contributed by atoms with E-state index in [-0.39, 0.29) is 13.0 Å². The van der Waals surface area contributed by atoms with Gasteiger partial charge in [0.1, 0.15) is 6.04 Å². The Kier molecular flexibility index (Phi) is 7.62. The molecule has 4 rings (SSSR count). The van der Waals surface area contributed by atoms with Crippen molar-refractivity contribution in [3.05, 3.63) is 83.4 Å². The third-order valence-electron chi connectivity index (χ3n) is 6.26. The molecule has 9 nitrogen and oxygen atoms in total. The molecule has 3 aromatic carbocycles. The highest BCUT2D eigenvalue weighted by Gasteiger charge is 2.40. The van der Waals surface area contributed by atoms with Crippen molar-refractivity contribution in [3.63, 3.8) is 0 Å². The van der Waals surface area contributed by atoms with Crippen LogP contribution in [0.25, 0.3) is 10.8 Å². The maximum absolute atomic E-state index is 13.5. The summed E-state index contributed by atoms with van der Waals surface area (Å²) in [5, 5.41) is 13.6. The minimum atomic E-state index is -1.76. The van der Waals surface area contributed by atoms with Gasteiger partial charge in [-0.1, -0.05) is 60.7 Å². The lowest BCUT2D eigenvalue weighted by molar-refractivity contribution is -0.160. The Balaban J connectivity index is 1.58. The standard InChI is InChI=1S/C28H26N2O7/c1-17(31)29-27(37-25(34)15-20-10-6-9-18-7-2-4-11-21(18)20)26(35)23(16-24(32)33)30-14-13-19-8-3-5-12-22(19)28(30)36/h2-12,23,27H,13-16H2,1H3,(H,29,31)(H,32,33). The van der Waals surface area contributed by atoms with Crippen LogP contribution in [-0.4, -0.2) is 58.4 Å². The molecule has 2 unspecified atom stereocenters. The van der Waals surface area contributed by atoms with Gasteiger partial charge in [0.15, 0.2) is 0 Å². The SMILES string of the molecule is CC(=O)NC(OC(=O)Cc1cccc2ccccc12)C(=O)C(CC(=O)O)N1CCc2ccccc2C1=O. The van der Waals surface area contributed by atoms with Crippen LogP contribution < -0.4 is 5.32 Å². The highest BCUT2D eigenvalue weighted by molar-refractivity contribution is 6.02. The van der Waals surface area contributed by atoms with Gasteiger partial charge in [0.25, 0.3) is 5.91 Å². The number of hydrogen-bond donors (Lipinski definition) is 2. The molecule has 2 amide bonds. The Morgan fingerprint density at radius 1 is 1.00 bits per heavy atom. The number of carbonyl (C=O) groups is 5. The number of Topliss-reactive ketones (excluding diaryl/α,β-unsaturated/α-hetero) is 1. The van der Waals surface area contributed by atoms with Gasteiger partial charge in [-0.25, -0.2) is 0 Å². The minimum Gasteiger partial charge on any atom is -0.481 e. The second-order valence-electron chi connectivity index (χ2n) is 8.81. The summed E-state index contributed by atoms with van der Waals surface area (Å²) in [6.45, 7) is 1.25. The molecule has 1 aliphatic heterocycles. The van der Waals surface area contributed by atoms with Gasteiger partial charge in [0.05, 0.1) is 12.8 Å². The van der Waals surface area contributed by atoms with Gasteiger partial charge in [0.2, 0.25) is 17.9 Å². The number of carbonyl (C=O) groups excluding carboxylic acids is 4. The van der Waals surface area contributed by atoms with Crippen LogP contribution >= 0.6 is 0 Å². The molecule has 0 spiro atoms. The Morgan fingerprint density at radius 3 is 2.46 bits per heavy atom. The molecular weight excluding hydrogens is 476 g/mol. The van der Waals surface area contributed by atoms with Gasteiger partial charge >= 0.3 is 11.9 Å². The average molecular weight is 503 g/mol. The highest BCUT2D eigenvalue weighted by atomic mass is 16.6. The fourth-order valence-corrected chi connectivity index (χ4v) is 4.56. The molecule has 190 valence electrons. The van der Waals surface area contributed by atoms with Gasteiger partial charge in [-0.15, -0.1) is 0 Å². The van der Waals surface area contributed by atoms with Crippen LogP contribution in [-0.2, 0) is 36.8 Å². The highest BCUT2D eigenvalue weighted by Crippen LogP contribution is 2.23. The molecule has 9 heteroatoms. The van der Waals surface area contributed by atoms with Crippen molar-refractivity contribution in [3.8, 4) is 0 Å². The first kappa shape index (κ1) is 25.6. The number of hydrogen-bond acceptors (Lipinski definition) is 6. The third kappa shape index (κ3) is 5.83. The molecule has 2 atom stereocenters. The lowest BCUT2D eigenvalue weighted by Crippen LogP contribution is -2.56. The number of fused-ring (bicyclic) bond motifs is 2. The molecule has 0 radical (unpaired) electrons. The smallest absolute Gasteiger partial charge is 0.312 e. The largest absolute Gasteiger partial charge is 0.481 e. The molecule has 37 heavy (non-hydrogen) atoms. The summed E-state index contributed by atoms with van der Waals surface area (Å²) in [4.78, 5) is 64.3. The van der Waals surface area contributed by atoms with E-state index in [0.717, 1.165) is 23.3 Å². The summed E-state index contributed by atoms with van der Waals surface area (Å²) in [5.74, 6) is -4.14. The van der Waals surface area contributed by atoms with Crippen molar-refractivity contribution < 1.29 is 33.8 Å². The topological polar surface area (TPSA) is 130 Å². The summed E-state index contributed by atoms with van der Waals surface area (Å²) in [7, 11) is 0. The van der Waals surface area contributed by atoms with E-state index in [1.165, 1.54) is 4.90 Å². The number of ether oxygens (including phenoxy) is 1. The number of ketones is 1. The van der Waals surface area contributed by atoms with Crippen LogP contribution in [0.4, 0.5) is 0 Å². The number of carboxylic acids is 1. The Hall–Kier alpha value is -4.53. The van der Waals surface area contributed by atoms with E-state index in [2.05, 4.69) is 5.32 Å². The van der Waals surface area contributed by atoms with Crippen LogP contribution in [0.1, 0.15) is 34.8 Å². The summed E-state index contributed by atoms with van der Waals surface area (Å²) >= 11 is 0. The number of aliphatic carboxylic acids is 1. The lowest BCUT2D eigenvalue weighted by Gasteiger charge is -2.35. The summed E-state index contributed by atoms with van der Waals surface area (Å²) in [6, 6.07) is 18.4. The molecule has 0 aromatic heterocycles. The molecule has 0 aliphatic carbocycles. The number of amides is 2. The zero-order valence-corrected chi connectivity index (χ0v) is 20.2. The number of nitrogens with zero attached hydrogens (tertiary/aromatic N) is 1. The predicted octanol–water partition coefficient (Wildman–Crippen LogP) is 2.50. The number of benzene rings is 3. The second-order valence-corrected chi connectivity index (χ2v) is 8.81. The zero-order valence-electron chi connectivity index (χ0n) is 20.2. The second kappa shape index (κ2) is 11.0. The van der Waals surface area contributed by atoms with Crippen molar-refractivity contribution in [1.82, 2.24) is 10.2 Å². The van der Waals surface area contributed by atoms with Crippen LogP contribution in [0.5, 0.6) is 0 Å². The normalized spacial score (nSPS) is 14.4. The van der Waals surface area contributed by atoms with E-state index in [1.54, 1.807) is 36.4 Å². The molecule has 0 saturated heterocycles. The quantitative estimate of drug-likeness (QED) is 0.340. The van der Waals surface area contributed by atoms with Crippen molar-refractivity contribution in [1.29, 1.82) is 0 Å². The van der Waals surface area contributed by atoms with Crippen molar-refractivity contribution >= 4 is 40.3 Å². The summed E-state index contributed by atoms with van der Waals surface area (Å²) in [6.07, 6.45) is -2.21. The van der Waals surface area contributed by atoms with E-state index < -0.39 is 48.2 Å². The Labute approximate surface area is 213 Å². The van der Waals surface area contributed by atoms with Crippen LogP contribution in [0.15, 0.2) is 66.7 Å². The van der Waals surface area contributed by atoms with Crippen molar-refractivity contribution in [2.45, 2.75) is 38.5 Å². The van der Waals surface area contributed by atoms with E-state index in [1.807, 2.05) is 30.3 Å². The fraction of sp³-hybridized carbons (Fsp3) is 0.250. The van der Waals surface area contributed by atoms with Crippen molar-refractivity contribution in [2.75, 3.05) is 6.54 Å². The van der Waals surface area contributed by atoms with E-state index in [4.69, 9.17) is 4.74 Å². The maximum atomic E-state index is 13.5. The Morgan fingerprint density at radius 2 is 1.70 bits per heavy atom. The first-order valence-corrected chi connectivity index (χ1v) is 11.8. The van der Waals surface area contributed by atoms with Crippen LogP contribution in [0.3, 0.4) is 0 Å². The van der Waals surface area contributed by atoms with E-state index in [9.17, 15) is 29.1 Å². The lowest BCUT2D eigenvalue weighted by atomic mass is 9.95. The van der Waals surface area contributed by atoms with Gasteiger partial charge < -0.3 is 20.1 Å². The predicted molar refractivity (Wildman–Crippen MR) is 134 cm³/mol. The van der Waals surface area contributed by atoms with Crippen LogP contribution in [0, 0.1) is 0 Å². The average Bonchev–Trinajstić information content (AvgIpc) is 2.87. The molecule has 0 fully saturated rings. The molecule has 0 saturated carbocycles. The maximum Gasteiger partial charge on any atom is 0.312 e. The third-order valence-corrected chi connectivity index (χ3v) is 6.26. The van der Waals surface area contributed by atoms with Gasteiger partial charge in [-0.3, -0.25) is 24.0 Å². The summed E-state index contributed by atoms with van der Waals surface area (Å²) < 4.78 is 5.38. The van der Waals surface area contributed by atoms with Gasteiger partial charge in [-0.05, 0) is 34.4 Å². The van der Waals surface area contributed by atoms with Gasteiger partial charge in [-0.2, -0.15) is 0 Å². The number of rotatable bonds is 9. The van der Waals surface area contributed by atoms with Crippen molar-refractivity contribution in [2.24, 2.45) is 0 Å². The molecule has 2 N–H and O–H groups in total. The van der Waals surface area contributed by atoms with E-state index in [0.29, 0.717) is 17.5 Å². The molecule has 3 aromatic rings. The monoisotopic (exact) mass is 502 g/mol. The minimum absolute atomic E-state index is 0.107. The summed E-state index contributed by atoms with van der Waals surface area (Å²) in [5.41, 5.74) is 1.84. The fourth-order valence-electron chi connectivity index (χ4n) is 4.56.